The first-order valence-electron chi connectivity index (χ1n) is 6.87. The van der Waals surface area contributed by atoms with Gasteiger partial charge < -0.3 is 14.7 Å². The molecule has 1 aromatic heterocycles. The predicted octanol–water partition coefficient (Wildman–Crippen LogP) is 1.92. The molecule has 3 rings (SSSR count). The quantitative estimate of drug-likeness (QED) is 0.901. The summed E-state index contributed by atoms with van der Waals surface area (Å²) in [4.78, 5) is 13.2. The van der Waals surface area contributed by atoms with E-state index < -0.39 is 5.97 Å². The van der Waals surface area contributed by atoms with Crippen molar-refractivity contribution in [1.29, 1.82) is 0 Å². The Bertz CT molecular complexity index is 660. The maximum Gasteiger partial charge on any atom is 0.353 e. The third kappa shape index (κ3) is 2.75. The maximum absolute atomic E-state index is 11.0. The van der Waals surface area contributed by atoms with Crippen LogP contribution in [0.1, 0.15) is 16.1 Å². The monoisotopic (exact) mass is 287 g/mol. The van der Waals surface area contributed by atoms with Crippen molar-refractivity contribution in [3.8, 4) is 11.3 Å². The van der Waals surface area contributed by atoms with Crippen LogP contribution in [0.3, 0.4) is 0 Å². The molecule has 0 amide bonds. The summed E-state index contributed by atoms with van der Waals surface area (Å²) in [5.74, 6) is -1.01. The van der Waals surface area contributed by atoms with Gasteiger partial charge in [0.1, 0.15) is 5.69 Å². The Morgan fingerprint density at radius 1 is 1.33 bits per heavy atom. The second kappa shape index (κ2) is 5.57. The first kappa shape index (κ1) is 13.6. The highest BCUT2D eigenvalue weighted by atomic mass is 16.5. The molecule has 21 heavy (non-hydrogen) atoms. The van der Waals surface area contributed by atoms with Crippen LogP contribution in [0.15, 0.2) is 24.3 Å². The molecule has 0 spiro atoms. The van der Waals surface area contributed by atoms with Crippen LogP contribution in [-0.2, 0) is 4.74 Å². The number of hydrogen-bond donors (Lipinski definition) is 2. The molecule has 0 unspecified atom stereocenters. The van der Waals surface area contributed by atoms with Crippen molar-refractivity contribution < 1.29 is 14.6 Å². The molecule has 0 atom stereocenters. The zero-order chi connectivity index (χ0) is 14.8. The van der Waals surface area contributed by atoms with E-state index in [1.54, 1.807) is 6.07 Å². The van der Waals surface area contributed by atoms with E-state index in [0.29, 0.717) is 18.9 Å². The SMILES string of the molecule is Cc1ccc(-c2cc(C(=O)O)[nH]n2)c(N2CCOCC2)c1. The minimum atomic E-state index is -1.01. The average Bonchev–Trinajstić information content (AvgIpc) is 2.98. The Labute approximate surface area is 122 Å². The molecular formula is C15H17N3O3. The average molecular weight is 287 g/mol. The fourth-order valence-corrected chi connectivity index (χ4v) is 2.49. The number of aromatic nitrogens is 2. The number of anilines is 1. The van der Waals surface area contributed by atoms with Gasteiger partial charge >= 0.3 is 5.97 Å². The van der Waals surface area contributed by atoms with Gasteiger partial charge in [-0.15, -0.1) is 0 Å². The lowest BCUT2D eigenvalue weighted by Gasteiger charge is -2.30. The van der Waals surface area contributed by atoms with Gasteiger partial charge in [-0.05, 0) is 24.6 Å². The van der Waals surface area contributed by atoms with Crippen molar-refractivity contribution >= 4 is 11.7 Å². The lowest BCUT2D eigenvalue weighted by molar-refractivity contribution is 0.0690. The number of benzene rings is 1. The molecular weight excluding hydrogens is 270 g/mol. The summed E-state index contributed by atoms with van der Waals surface area (Å²) < 4.78 is 5.39. The first-order valence-corrected chi connectivity index (χ1v) is 6.87. The molecule has 0 saturated carbocycles. The molecule has 1 fully saturated rings. The van der Waals surface area contributed by atoms with Gasteiger partial charge in [0, 0.05) is 24.3 Å². The standard InChI is InChI=1S/C15H17N3O3/c1-10-2-3-11(12-9-13(15(19)20)17-16-12)14(8-10)18-4-6-21-7-5-18/h2-3,8-9H,4-7H2,1H3,(H,16,17)(H,19,20). The molecule has 1 aromatic carbocycles. The van der Waals surface area contributed by atoms with Crippen LogP contribution >= 0.6 is 0 Å². The van der Waals surface area contributed by atoms with E-state index in [4.69, 9.17) is 9.84 Å². The minimum absolute atomic E-state index is 0.0958. The summed E-state index contributed by atoms with van der Waals surface area (Å²) >= 11 is 0. The van der Waals surface area contributed by atoms with Crippen molar-refractivity contribution in [2.75, 3.05) is 31.2 Å². The van der Waals surface area contributed by atoms with Gasteiger partial charge in [-0.1, -0.05) is 12.1 Å². The van der Waals surface area contributed by atoms with Gasteiger partial charge in [-0.25, -0.2) is 4.79 Å². The number of nitrogens with one attached hydrogen (secondary N) is 1. The second-order valence-corrected chi connectivity index (χ2v) is 5.09. The van der Waals surface area contributed by atoms with E-state index in [0.717, 1.165) is 29.9 Å². The van der Waals surface area contributed by atoms with Gasteiger partial charge in [0.15, 0.2) is 0 Å². The number of aromatic carboxylic acids is 1. The molecule has 1 saturated heterocycles. The van der Waals surface area contributed by atoms with Gasteiger partial charge in [0.2, 0.25) is 0 Å². The number of carboxylic acid groups (broad SMARTS) is 1. The summed E-state index contributed by atoms with van der Waals surface area (Å²) in [6.07, 6.45) is 0. The highest BCUT2D eigenvalue weighted by molar-refractivity contribution is 5.88. The number of hydrogen-bond acceptors (Lipinski definition) is 4. The van der Waals surface area contributed by atoms with Crippen molar-refractivity contribution in [2.24, 2.45) is 0 Å². The zero-order valence-corrected chi connectivity index (χ0v) is 11.8. The number of aryl methyl sites for hydroxylation is 1. The normalized spacial score (nSPS) is 15.2. The molecule has 2 heterocycles. The minimum Gasteiger partial charge on any atom is -0.477 e. The first-order chi connectivity index (χ1) is 10.1. The van der Waals surface area contributed by atoms with Crippen molar-refractivity contribution in [3.63, 3.8) is 0 Å². The summed E-state index contributed by atoms with van der Waals surface area (Å²) in [5.41, 5.74) is 3.91. The third-order valence-corrected chi connectivity index (χ3v) is 3.59. The molecule has 0 bridgehead atoms. The number of carbonyl (C=O) groups is 1. The number of carboxylic acids is 1. The molecule has 6 nitrogen and oxygen atoms in total. The Morgan fingerprint density at radius 3 is 2.76 bits per heavy atom. The Balaban J connectivity index is 2.02. The second-order valence-electron chi connectivity index (χ2n) is 5.09. The Kier molecular flexibility index (Phi) is 3.62. The smallest absolute Gasteiger partial charge is 0.353 e. The summed E-state index contributed by atoms with van der Waals surface area (Å²) in [5, 5.41) is 15.7. The fourth-order valence-electron chi connectivity index (χ4n) is 2.49. The lowest BCUT2D eigenvalue weighted by atomic mass is 10.0. The number of ether oxygens (including phenoxy) is 1. The van der Waals surface area contributed by atoms with Crippen LogP contribution in [0, 0.1) is 6.92 Å². The number of aromatic amines is 1. The molecule has 0 radical (unpaired) electrons. The van der Waals surface area contributed by atoms with Crippen LogP contribution in [0.4, 0.5) is 5.69 Å². The van der Waals surface area contributed by atoms with Gasteiger partial charge in [0.05, 0.1) is 18.9 Å². The molecule has 1 aliphatic heterocycles. The summed E-state index contributed by atoms with van der Waals surface area (Å²) in [6.45, 7) is 5.10. The third-order valence-electron chi connectivity index (χ3n) is 3.59. The van der Waals surface area contributed by atoms with Gasteiger partial charge in [-0.3, -0.25) is 5.10 Å². The Hall–Kier alpha value is -2.34. The fraction of sp³-hybridized carbons (Fsp3) is 0.333. The maximum atomic E-state index is 11.0. The topological polar surface area (TPSA) is 78.4 Å². The number of morpholine rings is 1. The lowest BCUT2D eigenvalue weighted by Crippen LogP contribution is -2.36. The molecule has 0 aliphatic carbocycles. The van der Waals surface area contributed by atoms with E-state index in [1.165, 1.54) is 0 Å². The van der Waals surface area contributed by atoms with Gasteiger partial charge in [0.25, 0.3) is 0 Å². The van der Waals surface area contributed by atoms with Crippen LogP contribution in [0.5, 0.6) is 0 Å². The number of H-pyrrole nitrogens is 1. The highest BCUT2D eigenvalue weighted by Crippen LogP contribution is 2.31. The Morgan fingerprint density at radius 2 is 2.10 bits per heavy atom. The zero-order valence-electron chi connectivity index (χ0n) is 11.8. The summed E-state index contributed by atoms with van der Waals surface area (Å²) in [7, 11) is 0. The molecule has 2 N–H and O–H groups in total. The molecule has 2 aromatic rings. The van der Waals surface area contributed by atoms with Crippen LogP contribution in [0.2, 0.25) is 0 Å². The highest BCUT2D eigenvalue weighted by Gasteiger charge is 2.18. The van der Waals surface area contributed by atoms with E-state index in [-0.39, 0.29) is 5.69 Å². The van der Waals surface area contributed by atoms with Crippen molar-refractivity contribution in [3.05, 3.63) is 35.5 Å². The van der Waals surface area contributed by atoms with Crippen molar-refractivity contribution in [1.82, 2.24) is 10.2 Å². The van der Waals surface area contributed by atoms with Crippen LogP contribution < -0.4 is 4.90 Å². The van der Waals surface area contributed by atoms with Crippen molar-refractivity contribution in [2.45, 2.75) is 6.92 Å². The predicted molar refractivity (Wildman–Crippen MR) is 78.8 cm³/mol. The largest absolute Gasteiger partial charge is 0.477 e. The van der Waals surface area contributed by atoms with Crippen LogP contribution in [0.25, 0.3) is 11.3 Å². The van der Waals surface area contributed by atoms with E-state index in [2.05, 4.69) is 21.2 Å². The molecule has 6 heteroatoms. The molecule has 110 valence electrons. The molecule has 1 aliphatic rings. The van der Waals surface area contributed by atoms with Crippen LogP contribution in [-0.4, -0.2) is 47.6 Å². The van der Waals surface area contributed by atoms with Gasteiger partial charge in [-0.2, -0.15) is 5.10 Å². The van der Waals surface area contributed by atoms with E-state index >= 15 is 0 Å². The number of nitrogens with zero attached hydrogens (tertiary/aromatic N) is 2. The van der Waals surface area contributed by atoms with E-state index in [1.807, 2.05) is 19.1 Å². The number of rotatable bonds is 3. The summed E-state index contributed by atoms with van der Waals surface area (Å²) in [6, 6.07) is 7.67. The van der Waals surface area contributed by atoms with E-state index in [9.17, 15) is 4.79 Å².